The van der Waals surface area contributed by atoms with Gasteiger partial charge < -0.3 is 15.2 Å². The molecular formula is C21H20FN7O. The third kappa shape index (κ3) is 3.78. The normalized spacial score (nSPS) is 10.5. The predicted octanol–water partition coefficient (Wildman–Crippen LogP) is 3.85. The number of amides is 1. The Morgan fingerprint density at radius 3 is 2.80 bits per heavy atom. The van der Waals surface area contributed by atoms with E-state index in [0.717, 1.165) is 0 Å². The van der Waals surface area contributed by atoms with Crippen molar-refractivity contribution in [2.24, 2.45) is 0 Å². The molecule has 152 valence electrons. The lowest BCUT2D eigenvalue weighted by molar-refractivity contribution is -0.116. The summed E-state index contributed by atoms with van der Waals surface area (Å²) in [4.78, 5) is 25.6. The minimum absolute atomic E-state index is 0.0388. The highest BCUT2D eigenvalue weighted by molar-refractivity contribution is 6.00. The number of halogens is 1. The molecule has 3 aromatic rings. The van der Waals surface area contributed by atoms with Crippen molar-refractivity contribution in [3.8, 4) is 12.1 Å². The first-order chi connectivity index (χ1) is 14.4. The summed E-state index contributed by atoms with van der Waals surface area (Å²) in [6, 6.07) is 6.75. The number of benzene rings is 1. The second-order valence-corrected chi connectivity index (χ2v) is 6.73. The molecule has 0 saturated heterocycles. The number of nitrogens with zero attached hydrogens (tertiary/aromatic N) is 5. The maximum atomic E-state index is 14.9. The van der Waals surface area contributed by atoms with E-state index in [1.54, 1.807) is 18.0 Å². The van der Waals surface area contributed by atoms with Crippen LogP contribution in [-0.2, 0) is 11.2 Å². The van der Waals surface area contributed by atoms with Crippen LogP contribution in [-0.4, -0.2) is 27.9 Å². The summed E-state index contributed by atoms with van der Waals surface area (Å²) >= 11 is 0. The molecule has 9 heteroatoms. The molecule has 0 aliphatic rings. The summed E-state index contributed by atoms with van der Waals surface area (Å²) in [5, 5.41) is 20.5. The number of pyridine rings is 1. The van der Waals surface area contributed by atoms with Crippen molar-refractivity contribution < 1.29 is 9.18 Å². The minimum atomic E-state index is -0.531. The maximum absolute atomic E-state index is 14.9. The Labute approximate surface area is 173 Å². The van der Waals surface area contributed by atoms with E-state index >= 15 is 0 Å². The SMILES string of the molecule is CCc1cc(C#N)cc(F)c1N(C)c1nc(NC(=O)CCC#N)c2[nH]cnc2c1C. The Balaban J connectivity index is 2.13. The van der Waals surface area contributed by atoms with Crippen molar-refractivity contribution in [3.05, 3.63) is 41.0 Å². The van der Waals surface area contributed by atoms with Crippen molar-refractivity contribution in [2.75, 3.05) is 17.3 Å². The third-order valence-corrected chi connectivity index (χ3v) is 4.81. The predicted molar refractivity (Wildman–Crippen MR) is 111 cm³/mol. The van der Waals surface area contributed by atoms with Crippen LogP contribution in [0.4, 0.5) is 21.7 Å². The fourth-order valence-corrected chi connectivity index (χ4v) is 3.36. The highest BCUT2D eigenvalue weighted by Crippen LogP contribution is 2.35. The molecule has 3 rings (SSSR count). The van der Waals surface area contributed by atoms with Gasteiger partial charge in [-0.25, -0.2) is 14.4 Å². The maximum Gasteiger partial charge on any atom is 0.226 e. The zero-order chi connectivity index (χ0) is 21.8. The van der Waals surface area contributed by atoms with Crippen LogP contribution >= 0.6 is 0 Å². The number of aromatic amines is 1. The average molecular weight is 405 g/mol. The topological polar surface area (TPSA) is 121 Å². The van der Waals surface area contributed by atoms with Gasteiger partial charge in [-0.15, -0.1) is 0 Å². The van der Waals surface area contributed by atoms with E-state index in [0.29, 0.717) is 40.1 Å². The standard InChI is InChI=1S/C21H20FN7O/c1-4-14-8-13(10-24)9-15(22)19(14)29(3)21-12(2)17-18(26-11-25-17)20(28-21)27-16(30)6-5-7-23/h8-9,11H,4-6H2,1-3H3,(H,25,26)(H,27,28,30). The van der Waals surface area contributed by atoms with Crippen LogP contribution in [0.3, 0.4) is 0 Å². The molecule has 1 amide bonds. The summed E-state index contributed by atoms with van der Waals surface area (Å²) in [5.41, 5.74) is 3.06. The molecule has 0 unspecified atom stereocenters. The van der Waals surface area contributed by atoms with Gasteiger partial charge >= 0.3 is 0 Å². The molecule has 2 heterocycles. The van der Waals surface area contributed by atoms with Gasteiger partial charge in [-0.05, 0) is 31.0 Å². The summed E-state index contributed by atoms with van der Waals surface area (Å²) in [6.07, 6.45) is 2.14. The molecule has 0 aliphatic heterocycles. The zero-order valence-corrected chi connectivity index (χ0v) is 16.9. The van der Waals surface area contributed by atoms with Gasteiger partial charge in [0.25, 0.3) is 0 Å². The van der Waals surface area contributed by atoms with E-state index in [2.05, 4.69) is 20.3 Å². The van der Waals surface area contributed by atoms with Gasteiger partial charge in [0.2, 0.25) is 5.91 Å². The molecule has 0 bridgehead atoms. The summed E-state index contributed by atoms with van der Waals surface area (Å²) in [6.45, 7) is 3.70. The van der Waals surface area contributed by atoms with Crippen molar-refractivity contribution in [3.63, 3.8) is 0 Å². The second-order valence-electron chi connectivity index (χ2n) is 6.73. The summed E-state index contributed by atoms with van der Waals surface area (Å²) in [7, 11) is 1.68. The molecule has 30 heavy (non-hydrogen) atoms. The lowest BCUT2D eigenvalue weighted by Gasteiger charge is -2.24. The van der Waals surface area contributed by atoms with Crippen LogP contribution in [0.1, 0.15) is 36.5 Å². The van der Waals surface area contributed by atoms with Crippen LogP contribution in [0.15, 0.2) is 18.5 Å². The monoisotopic (exact) mass is 405 g/mol. The first kappa shape index (κ1) is 20.7. The van der Waals surface area contributed by atoms with Gasteiger partial charge in [0.05, 0.1) is 35.2 Å². The Kier molecular flexibility index (Phi) is 5.93. The van der Waals surface area contributed by atoms with E-state index in [4.69, 9.17) is 10.5 Å². The smallest absolute Gasteiger partial charge is 0.226 e. The molecule has 2 aromatic heterocycles. The van der Waals surface area contributed by atoms with E-state index in [1.807, 2.05) is 26.0 Å². The van der Waals surface area contributed by atoms with E-state index in [1.165, 1.54) is 12.4 Å². The van der Waals surface area contributed by atoms with Gasteiger partial charge in [-0.2, -0.15) is 10.5 Å². The van der Waals surface area contributed by atoms with E-state index < -0.39 is 5.82 Å². The number of aryl methyl sites for hydroxylation is 2. The molecule has 8 nitrogen and oxygen atoms in total. The van der Waals surface area contributed by atoms with Crippen molar-refractivity contribution in [1.29, 1.82) is 10.5 Å². The van der Waals surface area contributed by atoms with Gasteiger partial charge in [0, 0.05) is 25.5 Å². The number of nitrogens with one attached hydrogen (secondary N) is 2. The van der Waals surface area contributed by atoms with E-state index in [-0.39, 0.29) is 30.1 Å². The first-order valence-electron chi connectivity index (χ1n) is 9.37. The Morgan fingerprint density at radius 1 is 1.37 bits per heavy atom. The molecule has 2 N–H and O–H groups in total. The molecule has 0 radical (unpaired) electrons. The van der Waals surface area contributed by atoms with Crippen LogP contribution in [0, 0.1) is 35.4 Å². The van der Waals surface area contributed by atoms with Crippen molar-refractivity contribution in [2.45, 2.75) is 33.1 Å². The van der Waals surface area contributed by atoms with Crippen LogP contribution in [0.2, 0.25) is 0 Å². The van der Waals surface area contributed by atoms with Crippen molar-refractivity contribution in [1.82, 2.24) is 15.0 Å². The zero-order valence-electron chi connectivity index (χ0n) is 16.9. The minimum Gasteiger partial charge on any atom is -0.342 e. The summed E-state index contributed by atoms with van der Waals surface area (Å²) in [5.74, 6) is -0.207. The van der Waals surface area contributed by atoms with Gasteiger partial charge in [-0.3, -0.25) is 4.79 Å². The molecule has 0 atom stereocenters. The number of aromatic nitrogens is 3. The van der Waals surface area contributed by atoms with Crippen LogP contribution in [0.5, 0.6) is 0 Å². The molecular weight excluding hydrogens is 385 g/mol. The van der Waals surface area contributed by atoms with Gasteiger partial charge in [0.15, 0.2) is 5.82 Å². The highest BCUT2D eigenvalue weighted by Gasteiger charge is 2.22. The second kappa shape index (κ2) is 8.58. The lowest BCUT2D eigenvalue weighted by atomic mass is 10.0. The molecule has 1 aromatic carbocycles. The molecule has 0 saturated carbocycles. The molecule has 0 fully saturated rings. The number of hydrogen-bond donors (Lipinski definition) is 2. The number of H-pyrrole nitrogens is 1. The van der Waals surface area contributed by atoms with Crippen LogP contribution in [0.25, 0.3) is 11.0 Å². The summed E-state index contributed by atoms with van der Waals surface area (Å²) < 4.78 is 14.9. The number of fused-ring (bicyclic) bond motifs is 1. The van der Waals surface area contributed by atoms with E-state index in [9.17, 15) is 9.18 Å². The van der Waals surface area contributed by atoms with Crippen LogP contribution < -0.4 is 10.2 Å². The largest absolute Gasteiger partial charge is 0.342 e. The van der Waals surface area contributed by atoms with Gasteiger partial charge in [-0.1, -0.05) is 6.92 Å². The van der Waals surface area contributed by atoms with Crippen molar-refractivity contribution >= 4 is 34.3 Å². The first-order valence-corrected chi connectivity index (χ1v) is 9.37. The number of rotatable bonds is 6. The average Bonchev–Trinajstić information content (AvgIpc) is 3.23. The number of carbonyl (C=O) groups is 1. The highest BCUT2D eigenvalue weighted by atomic mass is 19.1. The lowest BCUT2D eigenvalue weighted by Crippen LogP contribution is -2.19. The third-order valence-electron chi connectivity index (χ3n) is 4.81. The fraction of sp³-hybridized carbons (Fsp3) is 0.286. The van der Waals surface area contributed by atoms with Gasteiger partial charge in [0.1, 0.15) is 17.2 Å². The number of nitriles is 2. The Bertz CT molecular complexity index is 1200. The quantitative estimate of drug-likeness (QED) is 0.642. The molecule has 0 spiro atoms. The number of hydrogen-bond acceptors (Lipinski definition) is 6. The number of imidazole rings is 1. The molecule has 0 aliphatic carbocycles. The Morgan fingerprint density at radius 2 is 2.13 bits per heavy atom. The number of anilines is 3. The number of carbonyl (C=O) groups excluding carboxylic acids is 1. The Hall–Kier alpha value is -3.98. The fourth-order valence-electron chi connectivity index (χ4n) is 3.36.